The quantitative estimate of drug-likeness (QED) is 0.327. The van der Waals surface area contributed by atoms with Crippen molar-refractivity contribution >= 4 is 35.0 Å². The average Bonchev–Trinajstić information content (AvgIpc) is 2.91. The molecule has 10 heteroatoms. The zero-order valence-corrected chi connectivity index (χ0v) is 21.9. The van der Waals surface area contributed by atoms with E-state index in [0.717, 1.165) is 11.3 Å². The van der Waals surface area contributed by atoms with Crippen LogP contribution < -0.4 is 20.9 Å². The minimum Gasteiger partial charge on any atom is -0.368 e. The summed E-state index contributed by atoms with van der Waals surface area (Å²) in [6.07, 6.45) is 0. The molecule has 2 aromatic carbocycles. The summed E-state index contributed by atoms with van der Waals surface area (Å²) in [4.78, 5) is 50.0. The second kappa shape index (κ2) is 12.2. The molecular weight excluding hydrogens is 482 g/mol. The highest BCUT2D eigenvalue weighted by molar-refractivity contribution is 6.39. The number of aryl methyl sites for hydroxylation is 1. The Labute approximate surface area is 222 Å². The van der Waals surface area contributed by atoms with Crippen molar-refractivity contribution in [3.63, 3.8) is 0 Å². The molecule has 0 spiro atoms. The Morgan fingerprint density at radius 2 is 1.71 bits per heavy atom. The molecule has 3 aromatic rings. The summed E-state index contributed by atoms with van der Waals surface area (Å²) >= 11 is 0. The van der Waals surface area contributed by atoms with Crippen LogP contribution in [0, 0.1) is 6.92 Å². The van der Waals surface area contributed by atoms with Crippen LogP contribution in [0.5, 0.6) is 0 Å². The van der Waals surface area contributed by atoms with Crippen molar-refractivity contribution in [1.82, 2.24) is 20.2 Å². The van der Waals surface area contributed by atoms with Crippen molar-refractivity contribution in [2.75, 3.05) is 48.3 Å². The average molecular weight is 516 g/mol. The van der Waals surface area contributed by atoms with Gasteiger partial charge >= 0.3 is 11.8 Å². The second-order valence-corrected chi connectivity index (χ2v) is 9.32. The van der Waals surface area contributed by atoms with E-state index in [0.29, 0.717) is 44.4 Å². The molecule has 0 radical (unpaired) electrons. The number of benzene rings is 2. The Morgan fingerprint density at radius 1 is 0.947 bits per heavy atom. The summed E-state index contributed by atoms with van der Waals surface area (Å²) in [5, 5.41) is 8.50. The lowest BCUT2D eigenvalue weighted by Crippen LogP contribution is -2.55. The first kappa shape index (κ1) is 26.6. The molecule has 1 saturated heterocycles. The maximum Gasteiger partial charge on any atom is 0.315 e. The maximum atomic E-state index is 13.1. The molecule has 0 aliphatic carbocycles. The van der Waals surface area contributed by atoms with Gasteiger partial charge in [-0.25, -0.2) is 9.97 Å². The molecule has 1 aromatic heterocycles. The number of hydrogen-bond acceptors (Lipinski definition) is 7. The summed E-state index contributed by atoms with van der Waals surface area (Å²) in [6.45, 7) is 7.92. The van der Waals surface area contributed by atoms with Crippen molar-refractivity contribution in [1.29, 1.82) is 0 Å². The van der Waals surface area contributed by atoms with E-state index in [-0.39, 0.29) is 17.8 Å². The third-order valence-corrected chi connectivity index (χ3v) is 6.25. The first-order valence-electron chi connectivity index (χ1n) is 12.7. The van der Waals surface area contributed by atoms with E-state index in [1.165, 1.54) is 12.5 Å². The normalized spacial score (nSPS) is 15.1. The van der Waals surface area contributed by atoms with Gasteiger partial charge in [0.15, 0.2) is 5.82 Å². The molecule has 38 heavy (non-hydrogen) atoms. The van der Waals surface area contributed by atoms with Gasteiger partial charge in [-0.15, -0.1) is 0 Å². The zero-order valence-electron chi connectivity index (χ0n) is 21.9. The Bertz CT molecular complexity index is 1300. The van der Waals surface area contributed by atoms with Crippen molar-refractivity contribution in [2.24, 2.45) is 0 Å². The number of amides is 3. The highest BCUT2D eigenvalue weighted by Crippen LogP contribution is 2.23. The fourth-order valence-electron chi connectivity index (χ4n) is 4.39. The summed E-state index contributed by atoms with van der Waals surface area (Å²) in [5.41, 5.74) is 3.05. The van der Waals surface area contributed by atoms with Crippen LogP contribution in [0.4, 0.5) is 17.3 Å². The van der Waals surface area contributed by atoms with Crippen molar-refractivity contribution < 1.29 is 14.4 Å². The van der Waals surface area contributed by atoms with E-state index in [1.807, 2.05) is 36.4 Å². The van der Waals surface area contributed by atoms with E-state index in [1.54, 1.807) is 11.0 Å². The Balaban J connectivity index is 1.44. The van der Waals surface area contributed by atoms with Crippen LogP contribution in [0.25, 0.3) is 11.4 Å². The van der Waals surface area contributed by atoms with E-state index >= 15 is 0 Å². The predicted octanol–water partition coefficient (Wildman–Crippen LogP) is 2.68. The van der Waals surface area contributed by atoms with Crippen LogP contribution in [0.1, 0.15) is 19.4 Å². The van der Waals surface area contributed by atoms with Gasteiger partial charge in [0.25, 0.3) is 0 Å². The van der Waals surface area contributed by atoms with Crippen LogP contribution in [0.2, 0.25) is 0 Å². The molecule has 3 amide bonds. The monoisotopic (exact) mass is 515 g/mol. The first-order valence-corrected chi connectivity index (χ1v) is 12.7. The number of hydrogen-bond donors (Lipinski definition) is 3. The maximum absolute atomic E-state index is 13.1. The van der Waals surface area contributed by atoms with Gasteiger partial charge in [-0.1, -0.05) is 42.5 Å². The topological polar surface area (TPSA) is 120 Å². The van der Waals surface area contributed by atoms with Gasteiger partial charge in [-0.2, -0.15) is 0 Å². The smallest absolute Gasteiger partial charge is 0.315 e. The SMILES string of the molecule is CC(=O)NCCNc1cc(NC(=O)C(=O)N2CCN(c3cccc(C)c3)C(C)C2)nc(-c2ccccc2)n1. The third kappa shape index (κ3) is 6.84. The largest absolute Gasteiger partial charge is 0.368 e. The summed E-state index contributed by atoms with van der Waals surface area (Å²) < 4.78 is 0. The lowest BCUT2D eigenvalue weighted by molar-refractivity contribution is -0.143. The summed E-state index contributed by atoms with van der Waals surface area (Å²) in [5.74, 6) is -0.389. The van der Waals surface area contributed by atoms with Crippen molar-refractivity contribution in [3.05, 3.63) is 66.2 Å². The van der Waals surface area contributed by atoms with Crippen LogP contribution >= 0.6 is 0 Å². The molecule has 1 aliphatic rings. The summed E-state index contributed by atoms with van der Waals surface area (Å²) in [7, 11) is 0. The number of carbonyl (C=O) groups is 3. The minimum absolute atomic E-state index is 0.0606. The zero-order chi connectivity index (χ0) is 27.1. The molecule has 2 heterocycles. The summed E-state index contributed by atoms with van der Waals surface area (Å²) in [6, 6.07) is 19.3. The Morgan fingerprint density at radius 3 is 2.42 bits per heavy atom. The molecular formula is C28H33N7O3. The molecule has 1 fully saturated rings. The molecule has 1 aliphatic heterocycles. The van der Waals surface area contributed by atoms with Crippen LogP contribution in [-0.2, 0) is 14.4 Å². The Kier molecular flexibility index (Phi) is 8.52. The number of piperazine rings is 1. The molecule has 1 unspecified atom stereocenters. The molecule has 10 nitrogen and oxygen atoms in total. The lowest BCUT2D eigenvalue weighted by atomic mass is 10.1. The van der Waals surface area contributed by atoms with Crippen LogP contribution in [0.3, 0.4) is 0 Å². The van der Waals surface area contributed by atoms with Crippen LogP contribution in [0.15, 0.2) is 60.7 Å². The van der Waals surface area contributed by atoms with Gasteiger partial charge in [-0.05, 0) is 31.5 Å². The van der Waals surface area contributed by atoms with Gasteiger partial charge in [0.05, 0.1) is 0 Å². The second-order valence-electron chi connectivity index (χ2n) is 9.32. The predicted molar refractivity (Wildman–Crippen MR) is 148 cm³/mol. The third-order valence-electron chi connectivity index (χ3n) is 6.25. The van der Waals surface area contributed by atoms with Gasteiger partial charge in [0.1, 0.15) is 11.6 Å². The fraction of sp³-hybridized carbons (Fsp3) is 0.321. The lowest BCUT2D eigenvalue weighted by Gasteiger charge is -2.41. The molecule has 1 atom stereocenters. The van der Waals surface area contributed by atoms with Gasteiger partial charge in [0, 0.05) is 63.0 Å². The number of carbonyl (C=O) groups excluding carboxylic acids is 3. The number of rotatable bonds is 7. The molecule has 0 bridgehead atoms. The van der Waals surface area contributed by atoms with E-state index in [2.05, 4.69) is 62.9 Å². The molecule has 198 valence electrons. The van der Waals surface area contributed by atoms with Crippen molar-refractivity contribution in [2.45, 2.75) is 26.8 Å². The van der Waals surface area contributed by atoms with E-state index in [4.69, 9.17) is 0 Å². The molecule has 0 saturated carbocycles. The standard InChI is InChI=1S/C28H33N7O3/c1-19-8-7-11-23(16-19)35-15-14-34(18-20(35)2)28(38)27(37)33-25-17-24(30-13-12-29-21(3)36)31-26(32-25)22-9-5-4-6-10-22/h4-11,16-17,20H,12-15,18H2,1-3H3,(H,29,36)(H2,30,31,32,33,37). The Hall–Kier alpha value is -4.47. The molecule has 4 rings (SSSR count). The highest BCUT2D eigenvalue weighted by Gasteiger charge is 2.30. The number of aromatic nitrogens is 2. The molecule has 3 N–H and O–H groups in total. The number of nitrogens with one attached hydrogen (secondary N) is 3. The van der Waals surface area contributed by atoms with Gasteiger partial charge in [0.2, 0.25) is 5.91 Å². The number of anilines is 3. The van der Waals surface area contributed by atoms with Crippen LogP contribution in [-0.4, -0.2) is 71.4 Å². The first-order chi connectivity index (χ1) is 18.3. The van der Waals surface area contributed by atoms with E-state index in [9.17, 15) is 14.4 Å². The van der Waals surface area contributed by atoms with Crippen molar-refractivity contribution in [3.8, 4) is 11.4 Å². The van der Waals surface area contributed by atoms with Gasteiger partial charge in [-0.3, -0.25) is 14.4 Å². The number of nitrogens with zero attached hydrogens (tertiary/aromatic N) is 4. The fourth-order valence-corrected chi connectivity index (χ4v) is 4.39. The highest BCUT2D eigenvalue weighted by atomic mass is 16.2. The van der Waals surface area contributed by atoms with E-state index < -0.39 is 11.8 Å². The minimum atomic E-state index is -0.747. The van der Waals surface area contributed by atoms with Gasteiger partial charge < -0.3 is 25.8 Å².